The second kappa shape index (κ2) is 7.85. The van der Waals surface area contributed by atoms with E-state index in [4.69, 9.17) is 16.3 Å². The number of halogens is 1. The van der Waals surface area contributed by atoms with Crippen LogP contribution in [0.1, 0.15) is 32.1 Å². The summed E-state index contributed by atoms with van der Waals surface area (Å²) in [5.74, 6) is -1.80. The summed E-state index contributed by atoms with van der Waals surface area (Å²) in [5.41, 5.74) is 1.77. The summed E-state index contributed by atoms with van der Waals surface area (Å²) in [6.07, 6.45) is 0. The van der Waals surface area contributed by atoms with Gasteiger partial charge in [-0.1, -0.05) is 17.7 Å². The number of carbonyl (C=O) groups excluding carboxylic acids is 3. The Morgan fingerprint density at radius 3 is 2.56 bits per heavy atom. The molecule has 0 spiro atoms. The van der Waals surface area contributed by atoms with Gasteiger partial charge in [0.05, 0.1) is 12.7 Å². The number of aromatic amines is 1. The molecule has 0 aliphatic heterocycles. The van der Waals surface area contributed by atoms with E-state index >= 15 is 0 Å². The van der Waals surface area contributed by atoms with Gasteiger partial charge >= 0.3 is 11.9 Å². The van der Waals surface area contributed by atoms with Gasteiger partial charge in [0.1, 0.15) is 5.69 Å². The zero-order valence-corrected chi connectivity index (χ0v) is 14.7. The topological polar surface area (TPSA) is 97.5 Å². The number of amides is 1. The molecule has 0 fully saturated rings. The molecule has 0 saturated carbocycles. The molecular weight excluding hydrogens is 348 g/mol. The summed E-state index contributed by atoms with van der Waals surface area (Å²) < 4.78 is 9.67. The fourth-order valence-electron chi connectivity index (χ4n) is 2.33. The highest BCUT2D eigenvalue weighted by molar-refractivity contribution is 6.30. The van der Waals surface area contributed by atoms with Gasteiger partial charge in [-0.25, -0.2) is 9.59 Å². The lowest BCUT2D eigenvalue weighted by molar-refractivity contribution is -0.119. The number of methoxy groups -OCH3 is 1. The molecular formula is C17H17ClN2O5. The number of hydrogen-bond donors (Lipinski definition) is 2. The summed E-state index contributed by atoms with van der Waals surface area (Å²) in [7, 11) is 1.26. The number of H-pyrrole nitrogens is 1. The van der Waals surface area contributed by atoms with E-state index in [9.17, 15) is 14.4 Å². The fraction of sp³-hybridized carbons (Fsp3) is 0.235. The Balaban J connectivity index is 2.01. The summed E-state index contributed by atoms with van der Waals surface area (Å²) in [6.45, 7) is 2.76. The van der Waals surface area contributed by atoms with Crippen LogP contribution in [0.15, 0.2) is 24.3 Å². The number of nitrogens with one attached hydrogen (secondary N) is 2. The maximum absolute atomic E-state index is 12.1. The molecule has 0 radical (unpaired) electrons. The van der Waals surface area contributed by atoms with Crippen LogP contribution in [0.4, 0.5) is 5.69 Å². The molecule has 0 aliphatic rings. The second-order valence-electron chi connectivity index (χ2n) is 5.25. The minimum Gasteiger partial charge on any atom is -0.465 e. The first-order valence-corrected chi connectivity index (χ1v) is 7.71. The smallest absolute Gasteiger partial charge is 0.355 e. The molecule has 1 aromatic heterocycles. The number of ether oxygens (including phenoxy) is 2. The van der Waals surface area contributed by atoms with E-state index in [0.29, 0.717) is 22.0 Å². The lowest BCUT2D eigenvalue weighted by Crippen LogP contribution is -2.21. The Kier molecular flexibility index (Phi) is 5.82. The van der Waals surface area contributed by atoms with Gasteiger partial charge in [0.2, 0.25) is 0 Å². The quantitative estimate of drug-likeness (QED) is 0.795. The minimum absolute atomic E-state index is 0.105. The standard InChI is InChI=1S/C17H17ClN2O5/c1-9-14(16(22)24-3)10(2)19-15(9)17(23)25-8-13(21)20-12-6-4-5-11(18)7-12/h4-7,19H,8H2,1-3H3,(H,20,21). The van der Waals surface area contributed by atoms with Crippen LogP contribution in [-0.4, -0.2) is 36.5 Å². The van der Waals surface area contributed by atoms with Crippen molar-refractivity contribution in [1.82, 2.24) is 4.98 Å². The van der Waals surface area contributed by atoms with E-state index in [1.54, 1.807) is 38.1 Å². The maximum atomic E-state index is 12.1. The van der Waals surface area contributed by atoms with Crippen molar-refractivity contribution in [3.05, 3.63) is 51.8 Å². The largest absolute Gasteiger partial charge is 0.465 e. The van der Waals surface area contributed by atoms with Gasteiger partial charge in [0.15, 0.2) is 6.61 Å². The van der Waals surface area contributed by atoms with Crippen LogP contribution in [0.2, 0.25) is 5.02 Å². The number of aryl methyl sites for hydroxylation is 1. The van der Waals surface area contributed by atoms with Crippen molar-refractivity contribution < 1.29 is 23.9 Å². The average molecular weight is 365 g/mol. The summed E-state index contributed by atoms with van der Waals surface area (Å²) >= 11 is 5.83. The molecule has 0 bridgehead atoms. The van der Waals surface area contributed by atoms with Crippen LogP contribution in [0.5, 0.6) is 0 Å². The molecule has 7 nitrogen and oxygen atoms in total. The summed E-state index contributed by atoms with van der Waals surface area (Å²) in [4.78, 5) is 38.5. The number of benzene rings is 1. The van der Waals surface area contributed by atoms with Crippen molar-refractivity contribution in [2.75, 3.05) is 19.0 Å². The van der Waals surface area contributed by atoms with Crippen LogP contribution in [0, 0.1) is 13.8 Å². The first kappa shape index (κ1) is 18.5. The van der Waals surface area contributed by atoms with Crippen molar-refractivity contribution in [1.29, 1.82) is 0 Å². The number of aromatic nitrogens is 1. The van der Waals surface area contributed by atoms with Crippen molar-refractivity contribution >= 4 is 35.1 Å². The van der Waals surface area contributed by atoms with Crippen LogP contribution < -0.4 is 5.32 Å². The third-order valence-electron chi connectivity index (χ3n) is 3.47. The highest BCUT2D eigenvalue weighted by Crippen LogP contribution is 2.19. The van der Waals surface area contributed by atoms with Gasteiger partial charge in [-0.05, 0) is 37.6 Å². The number of rotatable bonds is 5. The zero-order chi connectivity index (χ0) is 18.6. The van der Waals surface area contributed by atoms with E-state index < -0.39 is 24.5 Å². The number of esters is 2. The van der Waals surface area contributed by atoms with Gasteiger partial charge in [0, 0.05) is 16.4 Å². The van der Waals surface area contributed by atoms with Gasteiger partial charge in [-0.3, -0.25) is 4.79 Å². The third kappa shape index (κ3) is 4.39. The minimum atomic E-state index is -0.739. The van der Waals surface area contributed by atoms with E-state index in [1.165, 1.54) is 7.11 Å². The summed E-state index contributed by atoms with van der Waals surface area (Å²) in [6, 6.07) is 6.59. The molecule has 132 valence electrons. The Hall–Kier alpha value is -2.80. The normalized spacial score (nSPS) is 10.2. The number of carbonyl (C=O) groups is 3. The predicted octanol–water partition coefficient (Wildman–Crippen LogP) is 2.87. The Morgan fingerprint density at radius 1 is 1.20 bits per heavy atom. The lowest BCUT2D eigenvalue weighted by Gasteiger charge is -2.07. The van der Waals surface area contributed by atoms with Crippen molar-refractivity contribution in [3.8, 4) is 0 Å². The van der Waals surface area contributed by atoms with Gasteiger partial charge < -0.3 is 19.8 Å². The van der Waals surface area contributed by atoms with E-state index in [2.05, 4.69) is 15.0 Å². The summed E-state index contributed by atoms with van der Waals surface area (Å²) in [5, 5.41) is 3.04. The molecule has 1 heterocycles. The Bertz CT molecular complexity index is 828. The molecule has 1 aromatic carbocycles. The number of anilines is 1. The maximum Gasteiger partial charge on any atom is 0.355 e. The molecule has 0 aliphatic carbocycles. The monoisotopic (exact) mass is 364 g/mol. The fourth-order valence-corrected chi connectivity index (χ4v) is 2.52. The first-order valence-electron chi connectivity index (χ1n) is 7.33. The SMILES string of the molecule is COC(=O)c1c(C)[nH]c(C(=O)OCC(=O)Nc2cccc(Cl)c2)c1C. The van der Waals surface area contributed by atoms with E-state index in [-0.39, 0.29) is 11.3 Å². The van der Waals surface area contributed by atoms with Crippen molar-refractivity contribution in [3.63, 3.8) is 0 Å². The average Bonchev–Trinajstić information content (AvgIpc) is 2.86. The van der Waals surface area contributed by atoms with Crippen LogP contribution >= 0.6 is 11.6 Å². The van der Waals surface area contributed by atoms with Gasteiger partial charge in [-0.15, -0.1) is 0 Å². The van der Waals surface area contributed by atoms with Gasteiger partial charge in [-0.2, -0.15) is 0 Å². The molecule has 0 atom stereocenters. The highest BCUT2D eigenvalue weighted by atomic mass is 35.5. The molecule has 8 heteroatoms. The third-order valence-corrected chi connectivity index (χ3v) is 3.71. The molecule has 0 saturated heterocycles. The van der Waals surface area contributed by atoms with Crippen LogP contribution in [0.3, 0.4) is 0 Å². The second-order valence-corrected chi connectivity index (χ2v) is 5.69. The Morgan fingerprint density at radius 2 is 1.92 bits per heavy atom. The lowest BCUT2D eigenvalue weighted by atomic mass is 10.1. The molecule has 25 heavy (non-hydrogen) atoms. The molecule has 0 unspecified atom stereocenters. The number of hydrogen-bond acceptors (Lipinski definition) is 5. The highest BCUT2D eigenvalue weighted by Gasteiger charge is 2.23. The van der Waals surface area contributed by atoms with Crippen LogP contribution in [0.25, 0.3) is 0 Å². The zero-order valence-electron chi connectivity index (χ0n) is 13.9. The van der Waals surface area contributed by atoms with Crippen LogP contribution in [-0.2, 0) is 14.3 Å². The van der Waals surface area contributed by atoms with E-state index in [1.807, 2.05) is 0 Å². The molecule has 2 aromatic rings. The Labute approximate surface area is 149 Å². The first-order chi connectivity index (χ1) is 11.8. The molecule has 2 rings (SSSR count). The van der Waals surface area contributed by atoms with Crippen molar-refractivity contribution in [2.24, 2.45) is 0 Å². The predicted molar refractivity (Wildman–Crippen MR) is 92.0 cm³/mol. The van der Waals surface area contributed by atoms with Crippen molar-refractivity contribution in [2.45, 2.75) is 13.8 Å². The van der Waals surface area contributed by atoms with E-state index in [0.717, 1.165) is 0 Å². The van der Waals surface area contributed by atoms with Gasteiger partial charge in [0.25, 0.3) is 5.91 Å². The molecule has 2 N–H and O–H groups in total. The molecule has 1 amide bonds.